The molecule has 5 fully saturated rings. The van der Waals surface area contributed by atoms with Gasteiger partial charge in [0.2, 0.25) is 5.91 Å². The largest absolute Gasteiger partial charge is 0.336 e. The molecule has 1 amide bonds. The van der Waals surface area contributed by atoms with Gasteiger partial charge >= 0.3 is 0 Å². The molecule has 37 heavy (non-hydrogen) atoms. The van der Waals surface area contributed by atoms with Crippen LogP contribution in [0.15, 0.2) is 0 Å². The zero-order valence-corrected chi connectivity index (χ0v) is 23.5. The number of fused-ring (bicyclic) bond motifs is 3. The summed E-state index contributed by atoms with van der Waals surface area (Å²) < 4.78 is 53.5. The number of carbonyl (C=O) groups is 1. The Morgan fingerprint density at radius 3 is 2.41 bits per heavy atom. The molecule has 4 heterocycles. The van der Waals surface area contributed by atoms with E-state index >= 15 is 0 Å². The number of amides is 1. The van der Waals surface area contributed by atoms with Crippen molar-refractivity contribution in [2.45, 2.75) is 106 Å². The van der Waals surface area contributed by atoms with Gasteiger partial charge in [0.15, 0.2) is 0 Å². The van der Waals surface area contributed by atoms with Crippen LogP contribution >= 0.6 is 11.6 Å². The molecule has 0 aromatic heterocycles. The van der Waals surface area contributed by atoms with E-state index in [1.807, 2.05) is 0 Å². The maximum atomic E-state index is 15.0. The molecule has 212 valence electrons. The van der Waals surface area contributed by atoms with Gasteiger partial charge in [0, 0.05) is 51.0 Å². The Bertz CT molecular complexity index is 931. The molecular formula is C25H42ClF2N5O3S. The third kappa shape index (κ3) is 5.82. The number of likely N-dealkylation sites (tertiary alicyclic amines) is 1. The number of hydrogen-bond donors (Lipinski definition) is 2. The summed E-state index contributed by atoms with van der Waals surface area (Å²) in [5, 5.41) is 5.96. The highest BCUT2D eigenvalue weighted by Crippen LogP contribution is 2.41. The monoisotopic (exact) mass is 565 g/mol. The van der Waals surface area contributed by atoms with E-state index in [2.05, 4.69) is 20.7 Å². The molecule has 2 N–H and O–H groups in total. The zero-order valence-electron chi connectivity index (χ0n) is 21.9. The Morgan fingerprint density at radius 2 is 1.76 bits per heavy atom. The van der Waals surface area contributed by atoms with Crippen LogP contribution < -0.4 is 10.7 Å². The Labute approximate surface area is 224 Å². The Kier molecular flexibility index (Phi) is 8.13. The second kappa shape index (κ2) is 10.8. The highest BCUT2D eigenvalue weighted by molar-refractivity contribution is 7.91. The number of carbonyl (C=O) groups excluding carboxylic acids is 1. The van der Waals surface area contributed by atoms with Gasteiger partial charge < -0.3 is 4.90 Å². The fourth-order valence-corrected chi connectivity index (χ4v) is 9.63. The molecule has 0 aromatic carbocycles. The lowest BCUT2D eigenvalue weighted by Gasteiger charge is -2.53. The van der Waals surface area contributed by atoms with E-state index in [0.717, 1.165) is 52.1 Å². The van der Waals surface area contributed by atoms with Crippen LogP contribution in [0.3, 0.4) is 0 Å². The molecular weight excluding hydrogens is 524 g/mol. The second-order valence-electron chi connectivity index (χ2n) is 12.0. The fourth-order valence-electron chi connectivity index (χ4n) is 7.85. The number of piperidine rings is 1. The molecule has 5 rings (SSSR count). The summed E-state index contributed by atoms with van der Waals surface area (Å²) in [5.41, 5.74) is 3.38. The van der Waals surface area contributed by atoms with Crippen molar-refractivity contribution in [2.24, 2.45) is 11.8 Å². The second-order valence-corrected chi connectivity index (χ2v) is 14.9. The Morgan fingerprint density at radius 1 is 1.08 bits per heavy atom. The SMILES string of the molecule is CN(C(=O)C1CCS(=O)(=O)CC1)[C@@H](C1CCC(N2CCCC3C2CNC2CC(Cl)NN23)CC1)C(C)(F)F. The van der Waals surface area contributed by atoms with Gasteiger partial charge in [0.05, 0.1) is 29.2 Å². The van der Waals surface area contributed by atoms with Crippen LogP contribution in [0.5, 0.6) is 0 Å². The van der Waals surface area contributed by atoms with Crippen LogP contribution in [0.25, 0.3) is 0 Å². The smallest absolute Gasteiger partial charge is 0.265 e. The number of halogens is 3. The Hall–Kier alpha value is -0.590. The fraction of sp³-hybridized carbons (Fsp3) is 0.960. The molecule has 4 unspecified atom stereocenters. The first kappa shape index (κ1) is 28.0. The maximum absolute atomic E-state index is 15.0. The van der Waals surface area contributed by atoms with Crippen LogP contribution in [0.2, 0.25) is 0 Å². The van der Waals surface area contributed by atoms with Crippen molar-refractivity contribution in [2.75, 3.05) is 31.6 Å². The van der Waals surface area contributed by atoms with E-state index in [-0.39, 0.29) is 47.8 Å². The normalized spacial score (nSPS) is 38.5. The average molecular weight is 566 g/mol. The zero-order chi connectivity index (χ0) is 26.5. The number of hydrogen-bond acceptors (Lipinski definition) is 7. The molecule has 0 spiro atoms. The molecule has 5 aliphatic rings. The third-order valence-corrected chi connectivity index (χ3v) is 11.6. The number of nitrogens with zero attached hydrogens (tertiary/aromatic N) is 3. The Balaban J connectivity index is 1.22. The standard InChI is InChI=1S/C25H42ClF2N5O3S/c1-25(27,28)23(31(2)24(34)17-9-12-37(35,36)13-10-17)16-5-7-18(8-6-16)32-11-3-4-19-20(32)15-29-22-14-21(26)30-33(19)22/h16-23,29-30H,3-15H2,1-2H3/t16?,18?,19?,20?,21?,22?,23-/m0/s1. The van der Waals surface area contributed by atoms with Gasteiger partial charge in [-0.05, 0) is 63.8 Å². The molecule has 12 heteroatoms. The van der Waals surface area contributed by atoms with Crippen molar-refractivity contribution in [3.05, 3.63) is 0 Å². The molecule has 0 radical (unpaired) electrons. The molecule has 8 nitrogen and oxygen atoms in total. The minimum absolute atomic E-state index is 0.0400. The summed E-state index contributed by atoms with van der Waals surface area (Å²) in [4.78, 5) is 17.1. The van der Waals surface area contributed by atoms with E-state index in [1.165, 1.54) is 11.9 Å². The molecule has 4 aliphatic heterocycles. The molecule has 0 bridgehead atoms. The summed E-state index contributed by atoms with van der Waals surface area (Å²) in [7, 11) is -1.63. The summed E-state index contributed by atoms with van der Waals surface area (Å²) in [6.45, 7) is 2.86. The number of alkyl halides is 3. The summed E-state index contributed by atoms with van der Waals surface area (Å²) >= 11 is 6.37. The first-order chi connectivity index (χ1) is 17.4. The quantitative estimate of drug-likeness (QED) is 0.391. The predicted molar refractivity (Wildman–Crippen MR) is 139 cm³/mol. The molecule has 4 saturated heterocycles. The van der Waals surface area contributed by atoms with Crippen molar-refractivity contribution < 1.29 is 22.0 Å². The van der Waals surface area contributed by atoms with Crippen molar-refractivity contribution in [1.82, 2.24) is 25.6 Å². The molecule has 1 saturated carbocycles. The topological polar surface area (TPSA) is 85.0 Å². The van der Waals surface area contributed by atoms with Gasteiger partial charge in [0.25, 0.3) is 5.92 Å². The summed E-state index contributed by atoms with van der Waals surface area (Å²) in [6, 6.07) is -0.0406. The van der Waals surface area contributed by atoms with Gasteiger partial charge in [-0.2, -0.15) is 0 Å². The third-order valence-electron chi connectivity index (χ3n) is 9.61. The number of rotatable bonds is 5. The lowest BCUT2D eigenvalue weighted by Crippen LogP contribution is -2.70. The average Bonchev–Trinajstić information content (AvgIpc) is 3.24. The predicted octanol–water partition coefficient (Wildman–Crippen LogP) is 2.39. The molecule has 0 aromatic rings. The molecule has 1 aliphatic carbocycles. The maximum Gasteiger partial charge on any atom is 0.265 e. The van der Waals surface area contributed by atoms with Gasteiger partial charge in [0.1, 0.15) is 9.84 Å². The van der Waals surface area contributed by atoms with Crippen LogP contribution in [0, 0.1) is 11.8 Å². The van der Waals surface area contributed by atoms with Crippen molar-refractivity contribution >= 4 is 27.3 Å². The minimum Gasteiger partial charge on any atom is -0.336 e. The van der Waals surface area contributed by atoms with Gasteiger partial charge in [-0.15, -0.1) is 11.6 Å². The van der Waals surface area contributed by atoms with E-state index in [0.29, 0.717) is 31.0 Å². The van der Waals surface area contributed by atoms with E-state index in [1.54, 1.807) is 0 Å². The lowest BCUT2D eigenvalue weighted by molar-refractivity contribution is -0.151. The lowest BCUT2D eigenvalue weighted by atomic mass is 9.77. The summed E-state index contributed by atoms with van der Waals surface area (Å²) in [6.07, 6.45) is 6.85. The highest BCUT2D eigenvalue weighted by Gasteiger charge is 2.50. The number of nitrogens with one attached hydrogen (secondary N) is 2. The van der Waals surface area contributed by atoms with Gasteiger partial charge in [-0.3, -0.25) is 15.0 Å². The van der Waals surface area contributed by atoms with Crippen molar-refractivity contribution in [3.8, 4) is 0 Å². The van der Waals surface area contributed by atoms with Gasteiger partial charge in [-0.25, -0.2) is 27.6 Å². The number of sulfone groups is 1. The van der Waals surface area contributed by atoms with E-state index in [4.69, 9.17) is 11.6 Å². The molecule has 5 atom stereocenters. The van der Waals surface area contributed by atoms with Crippen LogP contribution in [-0.4, -0.2) is 103 Å². The van der Waals surface area contributed by atoms with Crippen molar-refractivity contribution in [1.29, 1.82) is 0 Å². The van der Waals surface area contributed by atoms with Crippen molar-refractivity contribution in [3.63, 3.8) is 0 Å². The minimum atomic E-state index is -3.12. The summed E-state index contributed by atoms with van der Waals surface area (Å²) in [5.74, 6) is -4.20. The van der Waals surface area contributed by atoms with E-state index in [9.17, 15) is 22.0 Å². The van der Waals surface area contributed by atoms with Crippen LogP contribution in [-0.2, 0) is 14.6 Å². The van der Waals surface area contributed by atoms with Gasteiger partial charge in [-0.1, -0.05) is 0 Å². The highest BCUT2D eigenvalue weighted by atomic mass is 35.5. The van der Waals surface area contributed by atoms with E-state index < -0.39 is 27.7 Å². The first-order valence-corrected chi connectivity index (χ1v) is 16.2. The first-order valence-electron chi connectivity index (χ1n) is 14.0. The van der Waals surface area contributed by atoms with Crippen LogP contribution in [0.4, 0.5) is 8.78 Å². The number of hydrazine groups is 1. The van der Waals surface area contributed by atoms with Crippen LogP contribution in [0.1, 0.15) is 64.7 Å².